The first-order valence-corrected chi connectivity index (χ1v) is 7.38. The van der Waals surface area contributed by atoms with Crippen molar-refractivity contribution in [3.63, 3.8) is 0 Å². The second-order valence-electron chi connectivity index (χ2n) is 4.02. The van der Waals surface area contributed by atoms with Gasteiger partial charge in [-0.05, 0) is 44.9 Å². The molecule has 0 saturated carbocycles. The molecule has 0 saturated heterocycles. The Kier molecular flexibility index (Phi) is 4.95. The average molecular weight is 327 g/mol. The summed E-state index contributed by atoms with van der Waals surface area (Å²) in [5.41, 5.74) is 2.14. The molecule has 0 spiro atoms. The lowest BCUT2D eigenvalue weighted by Gasteiger charge is -2.10. The van der Waals surface area contributed by atoms with Gasteiger partial charge < -0.3 is 9.84 Å². The molecular weight excluding hydrogens is 312 g/mol. The lowest BCUT2D eigenvalue weighted by molar-refractivity contribution is 0.202. The summed E-state index contributed by atoms with van der Waals surface area (Å²) in [6, 6.07) is 9.98. The Balaban J connectivity index is 2.12. The van der Waals surface area contributed by atoms with E-state index in [2.05, 4.69) is 15.9 Å². The van der Waals surface area contributed by atoms with E-state index >= 15 is 0 Å². The van der Waals surface area contributed by atoms with E-state index in [1.807, 2.05) is 35.7 Å². The lowest BCUT2D eigenvalue weighted by atomic mass is 10.0. The van der Waals surface area contributed by atoms with Gasteiger partial charge in [-0.15, -0.1) is 11.3 Å². The summed E-state index contributed by atoms with van der Waals surface area (Å²) < 4.78 is 6.01. The highest BCUT2D eigenvalue weighted by Crippen LogP contribution is 2.32. The normalized spacial score (nSPS) is 12.6. The van der Waals surface area contributed by atoms with Gasteiger partial charge in [0.15, 0.2) is 0 Å². The molecule has 0 aliphatic carbocycles. The third-order valence-corrected chi connectivity index (χ3v) is 4.71. The van der Waals surface area contributed by atoms with Crippen LogP contribution in [0.2, 0.25) is 0 Å². The number of aliphatic hydroxyl groups is 1. The first kappa shape index (κ1) is 13.7. The smallest absolute Gasteiger partial charge is 0.114 e. The summed E-state index contributed by atoms with van der Waals surface area (Å²) in [5.74, 6) is 0. The van der Waals surface area contributed by atoms with Gasteiger partial charge >= 0.3 is 0 Å². The van der Waals surface area contributed by atoms with Crippen LogP contribution in [0.15, 0.2) is 40.2 Å². The lowest BCUT2D eigenvalue weighted by Crippen LogP contribution is -1.99. The molecule has 1 aromatic heterocycles. The van der Waals surface area contributed by atoms with Gasteiger partial charge in [-0.25, -0.2) is 0 Å². The van der Waals surface area contributed by atoms with Gasteiger partial charge in [0, 0.05) is 11.6 Å². The minimum Gasteiger partial charge on any atom is -0.384 e. The van der Waals surface area contributed by atoms with Crippen molar-refractivity contribution in [3.05, 3.63) is 56.2 Å². The van der Waals surface area contributed by atoms with Crippen LogP contribution in [0.1, 0.15) is 22.1 Å². The third-order valence-electron chi connectivity index (χ3n) is 2.78. The molecule has 4 heteroatoms. The molecule has 0 fully saturated rings. The fourth-order valence-electron chi connectivity index (χ4n) is 1.74. The quantitative estimate of drug-likeness (QED) is 0.906. The maximum Gasteiger partial charge on any atom is 0.114 e. The monoisotopic (exact) mass is 326 g/mol. The predicted octanol–water partition coefficient (Wildman–Crippen LogP) is 3.78. The zero-order valence-electron chi connectivity index (χ0n) is 10.1. The Morgan fingerprint density at radius 3 is 2.56 bits per heavy atom. The Morgan fingerprint density at radius 1 is 1.28 bits per heavy atom. The van der Waals surface area contributed by atoms with Crippen LogP contribution in [-0.4, -0.2) is 18.8 Å². The highest BCUT2D eigenvalue weighted by molar-refractivity contribution is 9.10. The standard InChI is InChI=1S/C14H15BrO2S/c1-17-8-6-10-2-4-11(5-3-10)13(16)14-12(15)7-9-18-14/h2-5,7,9,13,16H,6,8H2,1H3. The zero-order chi connectivity index (χ0) is 13.0. The Hall–Kier alpha value is -0.680. The highest BCUT2D eigenvalue weighted by atomic mass is 79.9. The number of thiophene rings is 1. The average Bonchev–Trinajstić information content (AvgIpc) is 2.82. The number of hydrogen-bond acceptors (Lipinski definition) is 3. The van der Waals surface area contributed by atoms with Gasteiger partial charge in [-0.2, -0.15) is 0 Å². The van der Waals surface area contributed by atoms with Gasteiger partial charge in [-0.1, -0.05) is 24.3 Å². The minimum absolute atomic E-state index is 0.559. The summed E-state index contributed by atoms with van der Waals surface area (Å²) in [6.45, 7) is 0.721. The third kappa shape index (κ3) is 3.20. The van der Waals surface area contributed by atoms with E-state index < -0.39 is 6.10 Å². The number of aliphatic hydroxyl groups excluding tert-OH is 1. The maximum atomic E-state index is 10.3. The first-order valence-electron chi connectivity index (χ1n) is 5.71. The van der Waals surface area contributed by atoms with Gasteiger partial charge in [0.25, 0.3) is 0 Å². The van der Waals surface area contributed by atoms with Crippen LogP contribution in [0.4, 0.5) is 0 Å². The van der Waals surface area contributed by atoms with Crippen molar-refractivity contribution in [2.24, 2.45) is 0 Å². The Labute approximate surface area is 119 Å². The number of methoxy groups -OCH3 is 1. The summed E-state index contributed by atoms with van der Waals surface area (Å²) in [4.78, 5) is 0.944. The summed E-state index contributed by atoms with van der Waals surface area (Å²) >= 11 is 5.00. The number of halogens is 1. The van der Waals surface area contributed by atoms with Crippen molar-refractivity contribution >= 4 is 27.3 Å². The predicted molar refractivity (Wildman–Crippen MR) is 78.1 cm³/mol. The zero-order valence-corrected chi connectivity index (χ0v) is 12.5. The molecule has 1 atom stereocenters. The van der Waals surface area contributed by atoms with Crippen LogP contribution in [0.3, 0.4) is 0 Å². The van der Waals surface area contributed by atoms with E-state index in [-0.39, 0.29) is 0 Å². The van der Waals surface area contributed by atoms with Crippen molar-refractivity contribution in [2.75, 3.05) is 13.7 Å². The molecule has 1 unspecified atom stereocenters. The van der Waals surface area contributed by atoms with Gasteiger partial charge in [0.1, 0.15) is 6.10 Å². The Bertz CT molecular complexity index is 493. The summed E-state index contributed by atoms with van der Waals surface area (Å²) in [6.07, 6.45) is 0.339. The van der Waals surface area contributed by atoms with Crippen molar-refractivity contribution in [1.29, 1.82) is 0 Å². The minimum atomic E-state index is -0.559. The SMILES string of the molecule is COCCc1ccc(C(O)c2sccc2Br)cc1. The molecule has 0 aliphatic rings. The van der Waals surface area contributed by atoms with E-state index in [1.54, 1.807) is 18.4 Å². The van der Waals surface area contributed by atoms with Crippen molar-refractivity contribution < 1.29 is 9.84 Å². The van der Waals surface area contributed by atoms with Gasteiger partial charge in [-0.3, -0.25) is 0 Å². The van der Waals surface area contributed by atoms with E-state index in [0.717, 1.165) is 27.9 Å². The van der Waals surface area contributed by atoms with Crippen LogP contribution in [0, 0.1) is 0 Å². The van der Waals surface area contributed by atoms with Crippen molar-refractivity contribution in [2.45, 2.75) is 12.5 Å². The van der Waals surface area contributed by atoms with Crippen molar-refractivity contribution in [1.82, 2.24) is 0 Å². The molecule has 0 aliphatic heterocycles. The second-order valence-corrected chi connectivity index (χ2v) is 5.82. The van der Waals surface area contributed by atoms with E-state index in [4.69, 9.17) is 4.74 Å². The highest BCUT2D eigenvalue weighted by Gasteiger charge is 2.14. The fourth-order valence-corrected chi connectivity index (χ4v) is 3.34. The summed E-state index contributed by atoms with van der Waals surface area (Å²) in [5, 5.41) is 12.3. The molecule has 2 nitrogen and oxygen atoms in total. The molecule has 0 amide bonds. The van der Waals surface area contributed by atoms with Crippen molar-refractivity contribution in [3.8, 4) is 0 Å². The topological polar surface area (TPSA) is 29.5 Å². The van der Waals surface area contributed by atoms with Crippen LogP contribution >= 0.6 is 27.3 Å². The Morgan fingerprint density at radius 2 is 2.00 bits per heavy atom. The summed E-state index contributed by atoms with van der Waals surface area (Å²) in [7, 11) is 1.70. The molecular formula is C14H15BrO2S. The fraction of sp³-hybridized carbons (Fsp3) is 0.286. The van der Waals surface area contributed by atoms with E-state index in [1.165, 1.54) is 5.56 Å². The molecule has 96 valence electrons. The van der Waals surface area contributed by atoms with Crippen LogP contribution in [-0.2, 0) is 11.2 Å². The van der Waals surface area contributed by atoms with Crippen LogP contribution in [0.25, 0.3) is 0 Å². The molecule has 0 radical (unpaired) electrons. The largest absolute Gasteiger partial charge is 0.384 e. The second kappa shape index (κ2) is 6.48. The van der Waals surface area contributed by atoms with Gasteiger partial charge in [0.2, 0.25) is 0 Å². The molecule has 1 N–H and O–H groups in total. The molecule has 18 heavy (non-hydrogen) atoms. The van der Waals surface area contributed by atoms with Gasteiger partial charge in [0.05, 0.1) is 11.5 Å². The maximum absolute atomic E-state index is 10.3. The molecule has 2 rings (SSSR count). The van der Waals surface area contributed by atoms with Crippen LogP contribution in [0.5, 0.6) is 0 Å². The van der Waals surface area contributed by atoms with E-state index in [0.29, 0.717) is 0 Å². The number of ether oxygens (including phenoxy) is 1. The molecule has 2 aromatic rings. The molecule has 1 aromatic carbocycles. The van der Waals surface area contributed by atoms with E-state index in [9.17, 15) is 5.11 Å². The number of benzene rings is 1. The number of hydrogen-bond donors (Lipinski definition) is 1. The van der Waals surface area contributed by atoms with Crippen LogP contribution < -0.4 is 0 Å². The molecule has 0 bridgehead atoms. The number of rotatable bonds is 5. The molecule has 1 heterocycles. The first-order chi connectivity index (χ1) is 8.72.